The molecule has 1 aromatic rings. The highest BCUT2D eigenvalue weighted by Gasteiger charge is 2.14. The first-order valence-corrected chi connectivity index (χ1v) is 6.81. The summed E-state index contributed by atoms with van der Waals surface area (Å²) in [6.45, 7) is 7.29. The Kier molecular flexibility index (Phi) is 4.83. The number of morpholine rings is 1. The summed E-state index contributed by atoms with van der Waals surface area (Å²) in [4.78, 5) is 2.40. The number of ether oxygens (including phenoxy) is 2. The van der Waals surface area contributed by atoms with Gasteiger partial charge in [-0.2, -0.15) is 0 Å². The van der Waals surface area contributed by atoms with Crippen molar-refractivity contribution in [3.63, 3.8) is 0 Å². The standard InChI is InChI=1S/C13H18BrNO2/c1-2-17-13-11(4-3-5-12(13)14)10-15-6-8-16-9-7-15/h3-5H,2,6-10H2,1H3. The van der Waals surface area contributed by atoms with Gasteiger partial charge in [0.05, 0.1) is 24.3 Å². The van der Waals surface area contributed by atoms with Crippen LogP contribution in [0.2, 0.25) is 0 Å². The van der Waals surface area contributed by atoms with Gasteiger partial charge in [0.1, 0.15) is 5.75 Å². The lowest BCUT2D eigenvalue weighted by Crippen LogP contribution is -2.35. The highest BCUT2D eigenvalue weighted by Crippen LogP contribution is 2.30. The maximum atomic E-state index is 5.70. The molecule has 1 heterocycles. The van der Waals surface area contributed by atoms with Crippen molar-refractivity contribution < 1.29 is 9.47 Å². The Hall–Kier alpha value is -0.580. The Labute approximate surface area is 111 Å². The van der Waals surface area contributed by atoms with Crippen LogP contribution in [-0.4, -0.2) is 37.8 Å². The first-order chi connectivity index (χ1) is 8.31. The molecule has 0 saturated carbocycles. The van der Waals surface area contributed by atoms with Gasteiger partial charge >= 0.3 is 0 Å². The second kappa shape index (κ2) is 6.38. The van der Waals surface area contributed by atoms with Crippen LogP contribution in [0.5, 0.6) is 5.75 Å². The first kappa shape index (κ1) is 12.9. The van der Waals surface area contributed by atoms with E-state index in [-0.39, 0.29) is 0 Å². The van der Waals surface area contributed by atoms with Crippen LogP contribution in [0.25, 0.3) is 0 Å². The van der Waals surface area contributed by atoms with E-state index in [9.17, 15) is 0 Å². The number of para-hydroxylation sites is 1. The predicted molar refractivity (Wildman–Crippen MR) is 71.4 cm³/mol. The van der Waals surface area contributed by atoms with Crippen molar-refractivity contribution in [2.75, 3.05) is 32.9 Å². The third kappa shape index (κ3) is 3.44. The summed E-state index contributed by atoms with van der Waals surface area (Å²) in [5.41, 5.74) is 1.24. The van der Waals surface area contributed by atoms with E-state index in [0.717, 1.165) is 43.1 Å². The Bertz CT molecular complexity index is 364. The van der Waals surface area contributed by atoms with E-state index in [2.05, 4.69) is 33.0 Å². The molecular weight excluding hydrogens is 282 g/mol. The number of nitrogens with zero attached hydrogens (tertiary/aromatic N) is 1. The van der Waals surface area contributed by atoms with Gasteiger partial charge in [0.25, 0.3) is 0 Å². The van der Waals surface area contributed by atoms with Gasteiger partial charge in [-0.05, 0) is 28.9 Å². The molecule has 1 aromatic carbocycles. The molecule has 1 aliphatic rings. The number of rotatable bonds is 4. The fourth-order valence-corrected chi connectivity index (χ4v) is 2.51. The third-order valence-electron chi connectivity index (χ3n) is 2.83. The van der Waals surface area contributed by atoms with Crippen LogP contribution in [-0.2, 0) is 11.3 Å². The summed E-state index contributed by atoms with van der Waals surface area (Å²) in [5.74, 6) is 0.974. The molecule has 0 aromatic heterocycles. The van der Waals surface area contributed by atoms with Gasteiger partial charge in [-0.15, -0.1) is 0 Å². The highest BCUT2D eigenvalue weighted by molar-refractivity contribution is 9.10. The van der Waals surface area contributed by atoms with E-state index in [1.54, 1.807) is 0 Å². The van der Waals surface area contributed by atoms with Gasteiger partial charge in [-0.1, -0.05) is 12.1 Å². The van der Waals surface area contributed by atoms with Gasteiger partial charge in [0, 0.05) is 25.2 Å². The Morgan fingerprint density at radius 3 is 2.82 bits per heavy atom. The van der Waals surface area contributed by atoms with Crippen molar-refractivity contribution in [2.24, 2.45) is 0 Å². The van der Waals surface area contributed by atoms with Gasteiger partial charge in [0.2, 0.25) is 0 Å². The zero-order valence-corrected chi connectivity index (χ0v) is 11.7. The first-order valence-electron chi connectivity index (χ1n) is 6.01. The number of benzene rings is 1. The summed E-state index contributed by atoms with van der Waals surface area (Å²) in [7, 11) is 0. The van der Waals surface area contributed by atoms with Crippen molar-refractivity contribution in [3.05, 3.63) is 28.2 Å². The summed E-state index contributed by atoms with van der Waals surface area (Å²) < 4.78 is 12.1. The molecule has 2 rings (SSSR count). The molecule has 17 heavy (non-hydrogen) atoms. The van der Waals surface area contributed by atoms with Crippen molar-refractivity contribution in [3.8, 4) is 5.75 Å². The van der Waals surface area contributed by atoms with Crippen molar-refractivity contribution >= 4 is 15.9 Å². The Balaban J connectivity index is 2.10. The van der Waals surface area contributed by atoms with Crippen molar-refractivity contribution in [1.29, 1.82) is 0 Å². The summed E-state index contributed by atoms with van der Waals surface area (Å²) in [6.07, 6.45) is 0. The Morgan fingerprint density at radius 1 is 1.35 bits per heavy atom. The van der Waals surface area contributed by atoms with Crippen molar-refractivity contribution in [1.82, 2.24) is 4.90 Å². The monoisotopic (exact) mass is 299 g/mol. The second-order valence-electron chi connectivity index (χ2n) is 4.05. The minimum atomic E-state index is 0.693. The van der Waals surface area contributed by atoms with E-state index in [1.165, 1.54) is 5.56 Å². The van der Waals surface area contributed by atoms with Gasteiger partial charge in [0.15, 0.2) is 0 Å². The molecule has 0 amide bonds. The molecule has 0 atom stereocenters. The largest absolute Gasteiger partial charge is 0.492 e. The Morgan fingerprint density at radius 2 is 2.12 bits per heavy atom. The minimum Gasteiger partial charge on any atom is -0.492 e. The number of hydrogen-bond acceptors (Lipinski definition) is 3. The molecule has 0 N–H and O–H groups in total. The average Bonchev–Trinajstić information content (AvgIpc) is 2.35. The lowest BCUT2D eigenvalue weighted by molar-refractivity contribution is 0.0338. The van der Waals surface area contributed by atoms with Crippen LogP contribution in [0.4, 0.5) is 0 Å². The molecule has 0 bridgehead atoms. The normalized spacial score (nSPS) is 17.1. The number of hydrogen-bond donors (Lipinski definition) is 0. The molecular formula is C13H18BrNO2. The van der Waals surface area contributed by atoms with Gasteiger partial charge in [-0.25, -0.2) is 0 Å². The van der Waals surface area contributed by atoms with Crippen LogP contribution in [0.1, 0.15) is 12.5 Å². The smallest absolute Gasteiger partial charge is 0.137 e. The quantitative estimate of drug-likeness (QED) is 0.853. The molecule has 1 aliphatic heterocycles. The van der Waals surface area contributed by atoms with Crippen LogP contribution in [0.15, 0.2) is 22.7 Å². The highest BCUT2D eigenvalue weighted by atomic mass is 79.9. The molecule has 4 heteroatoms. The predicted octanol–water partition coefficient (Wildman–Crippen LogP) is 2.68. The summed E-state index contributed by atoms with van der Waals surface area (Å²) >= 11 is 3.54. The van der Waals surface area contributed by atoms with E-state index < -0.39 is 0 Å². The minimum absolute atomic E-state index is 0.693. The van der Waals surface area contributed by atoms with E-state index in [0.29, 0.717) is 6.61 Å². The molecule has 0 radical (unpaired) electrons. The van der Waals surface area contributed by atoms with Crippen LogP contribution in [0, 0.1) is 0 Å². The van der Waals surface area contributed by atoms with Crippen molar-refractivity contribution in [2.45, 2.75) is 13.5 Å². The average molecular weight is 300 g/mol. The molecule has 0 aliphatic carbocycles. The molecule has 0 spiro atoms. The van der Waals surface area contributed by atoms with Gasteiger partial charge in [-0.3, -0.25) is 4.90 Å². The molecule has 1 fully saturated rings. The van der Waals surface area contributed by atoms with E-state index >= 15 is 0 Å². The van der Waals surface area contributed by atoms with Crippen LogP contribution >= 0.6 is 15.9 Å². The van der Waals surface area contributed by atoms with Crippen LogP contribution < -0.4 is 4.74 Å². The van der Waals surface area contributed by atoms with E-state index in [1.807, 2.05) is 13.0 Å². The number of halogens is 1. The van der Waals surface area contributed by atoms with Gasteiger partial charge < -0.3 is 9.47 Å². The zero-order valence-electron chi connectivity index (χ0n) is 10.1. The third-order valence-corrected chi connectivity index (χ3v) is 3.46. The maximum absolute atomic E-state index is 5.70. The topological polar surface area (TPSA) is 21.7 Å². The molecule has 3 nitrogen and oxygen atoms in total. The molecule has 94 valence electrons. The maximum Gasteiger partial charge on any atom is 0.137 e. The second-order valence-corrected chi connectivity index (χ2v) is 4.90. The fourth-order valence-electron chi connectivity index (χ4n) is 1.98. The van der Waals surface area contributed by atoms with Crippen LogP contribution in [0.3, 0.4) is 0 Å². The lowest BCUT2D eigenvalue weighted by atomic mass is 10.2. The SMILES string of the molecule is CCOc1c(Br)cccc1CN1CCOCC1. The molecule has 1 saturated heterocycles. The summed E-state index contributed by atoms with van der Waals surface area (Å²) in [6, 6.07) is 6.21. The fraction of sp³-hybridized carbons (Fsp3) is 0.538. The lowest BCUT2D eigenvalue weighted by Gasteiger charge is -2.27. The van der Waals surface area contributed by atoms with E-state index in [4.69, 9.17) is 9.47 Å². The molecule has 0 unspecified atom stereocenters. The zero-order chi connectivity index (χ0) is 12.1. The summed E-state index contributed by atoms with van der Waals surface area (Å²) in [5, 5.41) is 0.